The topological polar surface area (TPSA) is 6.48 Å². The second kappa shape index (κ2) is 9.64. The van der Waals surface area contributed by atoms with Gasteiger partial charge in [0.25, 0.3) is 0 Å². The number of benzene rings is 6. The van der Waals surface area contributed by atoms with Crippen LogP contribution in [0.25, 0.3) is 0 Å². The predicted molar refractivity (Wildman–Crippen MR) is 184 cm³/mol. The summed E-state index contributed by atoms with van der Waals surface area (Å²) in [4.78, 5) is 4.92. The number of hydrogen-bond donors (Lipinski definition) is 0. The van der Waals surface area contributed by atoms with Crippen LogP contribution >= 0.6 is 0 Å². The molecule has 0 aliphatic carbocycles. The summed E-state index contributed by atoms with van der Waals surface area (Å²) in [6.07, 6.45) is 0. The van der Waals surface area contributed by atoms with Crippen LogP contribution in [0.5, 0.6) is 0 Å². The Bertz CT molecular complexity index is 1880. The summed E-state index contributed by atoms with van der Waals surface area (Å²) in [6, 6.07) is 55.6. The fraction of sp³-hybridized carbons (Fsp3) is 0.0526. The Hall–Kier alpha value is -4.80. The molecule has 200 valence electrons. The van der Waals surface area contributed by atoms with Crippen LogP contribution in [0, 0.1) is 0 Å². The third-order valence-electron chi connectivity index (χ3n) is 9.08. The molecule has 0 N–H and O–H groups in total. The van der Waals surface area contributed by atoms with E-state index in [0.717, 1.165) is 11.4 Å². The molecule has 0 unspecified atom stereocenters. The highest BCUT2D eigenvalue weighted by Crippen LogP contribution is 2.41. The fourth-order valence-electron chi connectivity index (χ4n) is 7.22. The standard InChI is InChI=1S/C38H31BN2Si/c1-42(2)36-25-15-13-23-33(36)39-32-22-12-14-24-34(32)41(30-20-10-5-11-21-30)35-26-31(27-37(42)38(35)39)40(28-16-6-3-7-17-28)29-18-8-4-9-19-29/h3-27H,1-2H3. The minimum absolute atomic E-state index is 0.207. The maximum atomic E-state index is 2.53. The lowest BCUT2D eigenvalue weighted by molar-refractivity contribution is 1.26. The van der Waals surface area contributed by atoms with Crippen molar-refractivity contribution in [3.8, 4) is 0 Å². The molecule has 0 spiro atoms. The van der Waals surface area contributed by atoms with Crippen molar-refractivity contribution < 1.29 is 0 Å². The minimum atomic E-state index is -2.07. The van der Waals surface area contributed by atoms with Crippen LogP contribution in [0.4, 0.5) is 34.1 Å². The Morgan fingerprint density at radius 3 is 1.71 bits per heavy atom. The average Bonchev–Trinajstić information content (AvgIpc) is 3.04. The van der Waals surface area contributed by atoms with Crippen molar-refractivity contribution in [2.75, 3.05) is 9.80 Å². The maximum Gasteiger partial charge on any atom is 0.246 e. The van der Waals surface area contributed by atoms with Gasteiger partial charge < -0.3 is 9.80 Å². The zero-order valence-corrected chi connectivity index (χ0v) is 24.9. The van der Waals surface area contributed by atoms with E-state index in [1.165, 1.54) is 44.3 Å². The molecule has 8 rings (SSSR count). The molecule has 0 bridgehead atoms. The summed E-state index contributed by atoms with van der Waals surface area (Å²) >= 11 is 0. The normalized spacial score (nSPS) is 14.0. The largest absolute Gasteiger partial charge is 0.311 e. The lowest BCUT2D eigenvalue weighted by Crippen LogP contribution is -2.78. The van der Waals surface area contributed by atoms with E-state index in [1.54, 1.807) is 5.19 Å². The van der Waals surface area contributed by atoms with E-state index in [-0.39, 0.29) is 6.71 Å². The van der Waals surface area contributed by atoms with Crippen LogP contribution in [0.1, 0.15) is 0 Å². The van der Waals surface area contributed by atoms with E-state index in [9.17, 15) is 0 Å². The lowest BCUT2D eigenvalue weighted by Gasteiger charge is -2.45. The van der Waals surface area contributed by atoms with E-state index < -0.39 is 8.07 Å². The van der Waals surface area contributed by atoms with Crippen molar-refractivity contribution in [1.82, 2.24) is 0 Å². The molecule has 2 nitrogen and oxygen atoms in total. The Balaban J connectivity index is 1.49. The van der Waals surface area contributed by atoms with Crippen LogP contribution in [-0.2, 0) is 0 Å². The quantitative estimate of drug-likeness (QED) is 0.227. The molecule has 0 amide bonds. The molecule has 6 aromatic carbocycles. The van der Waals surface area contributed by atoms with Crippen molar-refractivity contribution in [3.63, 3.8) is 0 Å². The van der Waals surface area contributed by atoms with Crippen molar-refractivity contribution in [2.24, 2.45) is 0 Å². The lowest BCUT2D eigenvalue weighted by atomic mass is 9.35. The van der Waals surface area contributed by atoms with Gasteiger partial charge in [-0.1, -0.05) is 126 Å². The Morgan fingerprint density at radius 1 is 0.500 bits per heavy atom. The molecule has 0 fully saturated rings. The highest BCUT2D eigenvalue weighted by molar-refractivity contribution is 7.15. The van der Waals surface area contributed by atoms with E-state index >= 15 is 0 Å². The van der Waals surface area contributed by atoms with E-state index in [1.807, 2.05) is 0 Å². The zero-order chi connectivity index (χ0) is 28.3. The van der Waals surface area contributed by atoms with Crippen molar-refractivity contribution in [3.05, 3.63) is 152 Å². The van der Waals surface area contributed by atoms with Crippen molar-refractivity contribution >= 4 is 75.7 Å². The first kappa shape index (κ1) is 25.0. The summed E-state index contributed by atoms with van der Waals surface area (Å²) in [5.41, 5.74) is 11.6. The summed E-state index contributed by atoms with van der Waals surface area (Å²) in [6.45, 7) is 5.27. The molecule has 2 aliphatic heterocycles. The van der Waals surface area contributed by atoms with Gasteiger partial charge in [0.2, 0.25) is 6.71 Å². The van der Waals surface area contributed by atoms with E-state index in [0.29, 0.717) is 0 Å². The smallest absolute Gasteiger partial charge is 0.246 e. The second-order valence-electron chi connectivity index (χ2n) is 11.8. The number of rotatable bonds is 4. The third-order valence-corrected chi connectivity index (χ3v) is 12.6. The van der Waals surface area contributed by atoms with Crippen LogP contribution in [-0.4, -0.2) is 14.8 Å². The fourth-order valence-corrected chi connectivity index (χ4v) is 10.4. The molecule has 4 heteroatoms. The molecule has 0 radical (unpaired) electrons. The van der Waals surface area contributed by atoms with Gasteiger partial charge in [0.05, 0.1) is 0 Å². The van der Waals surface area contributed by atoms with Gasteiger partial charge in [0.15, 0.2) is 0 Å². The van der Waals surface area contributed by atoms with Crippen molar-refractivity contribution in [1.29, 1.82) is 0 Å². The van der Waals surface area contributed by atoms with Crippen LogP contribution in [0.15, 0.2) is 152 Å². The van der Waals surface area contributed by atoms with Crippen LogP contribution in [0.3, 0.4) is 0 Å². The molecule has 0 saturated heterocycles. The van der Waals surface area contributed by atoms with Gasteiger partial charge in [-0.15, -0.1) is 0 Å². The minimum Gasteiger partial charge on any atom is -0.311 e. The monoisotopic (exact) mass is 554 g/mol. The average molecular weight is 555 g/mol. The van der Waals surface area contributed by atoms with Gasteiger partial charge in [-0.2, -0.15) is 0 Å². The van der Waals surface area contributed by atoms with Gasteiger partial charge in [-0.3, -0.25) is 0 Å². The van der Waals surface area contributed by atoms with E-state index in [2.05, 4.69) is 175 Å². The molecule has 42 heavy (non-hydrogen) atoms. The number of nitrogens with zero attached hydrogens (tertiary/aromatic N) is 2. The Kier molecular flexibility index (Phi) is 5.73. The number of para-hydroxylation sites is 4. The van der Waals surface area contributed by atoms with Crippen LogP contribution in [0.2, 0.25) is 13.1 Å². The molecule has 2 heterocycles. The predicted octanol–water partition coefficient (Wildman–Crippen LogP) is 6.59. The number of hydrogen-bond acceptors (Lipinski definition) is 2. The van der Waals surface area contributed by atoms with Gasteiger partial charge in [-0.05, 0) is 65.5 Å². The highest BCUT2D eigenvalue weighted by Gasteiger charge is 2.47. The second-order valence-corrected chi connectivity index (χ2v) is 16.1. The van der Waals surface area contributed by atoms with Gasteiger partial charge in [-0.25, -0.2) is 0 Å². The molecule has 0 saturated carbocycles. The van der Waals surface area contributed by atoms with Crippen molar-refractivity contribution in [2.45, 2.75) is 13.1 Å². The molecular formula is C38H31BN2Si. The number of fused-ring (bicyclic) bond motifs is 4. The molecule has 2 aliphatic rings. The summed E-state index contributed by atoms with van der Waals surface area (Å²) in [5, 5.41) is 3.06. The molecular weight excluding hydrogens is 523 g/mol. The van der Waals surface area contributed by atoms with Gasteiger partial charge in [0, 0.05) is 34.1 Å². The first-order chi connectivity index (χ1) is 20.6. The zero-order valence-electron chi connectivity index (χ0n) is 23.9. The molecule has 0 aromatic heterocycles. The highest BCUT2D eigenvalue weighted by atomic mass is 28.3. The summed E-state index contributed by atoms with van der Waals surface area (Å²) < 4.78 is 0. The summed E-state index contributed by atoms with van der Waals surface area (Å²) in [7, 11) is -2.07. The Labute approximate surface area is 249 Å². The SMILES string of the molecule is C[Si]1(C)c2ccccc2B2c3ccccc3N(c3ccccc3)c3cc(N(c4ccccc4)c4ccccc4)cc1c32. The number of anilines is 6. The third kappa shape index (κ3) is 3.72. The first-order valence-corrected chi connectivity index (χ1v) is 17.7. The maximum absolute atomic E-state index is 2.53. The Morgan fingerprint density at radius 2 is 1.05 bits per heavy atom. The first-order valence-electron chi connectivity index (χ1n) is 14.7. The van der Waals surface area contributed by atoms with Gasteiger partial charge in [0.1, 0.15) is 8.07 Å². The molecule has 6 aromatic rings. The molecule has 0 atom stereocenters. The summed E-state index contributed by atoms with van der Waals surface area (Å²) in [5.74, 6) is 0. The van der Waals surface area contributed by atoms with E-state index in [4.69, 9.17) is 0 Å². The van der Waals surface area contributed by atoms with Gasteiger partial charge >= 0.3 is 0 Å². The van der Waals surface area contributed by atoms with Crippen LogP contribution < -0.4 is 36.6 Å².